The summed E-state index contributed by atoms with van der Waals surface area (Å²) in [7, 11) is 3.87. The molecule has 2 N–H and O–H groups in total. The van der Waals surface area contributed by atoms with E-state index in [0.29, 0.717) is 37.9 Å². The summed E-state index contributed by atoms with van der Waals surface area (Å²) in [6.45, 7) is 3.04. The minimum atomic E-state index is -1.20. The molecule has 0 saturated carbocycles. The van der Waals surface area contributed by atoms with Gasteiger partial charge >= 0.3 is 5.97 Å². The maximum Gasteiger partial charge on any atom is 0.312 e. The number of rotatable bonds is 4. The lowest BCUT2D eigenvalue weighted by Gasteiger charge is -2.40. The lowest BCUT2D eigenvalue weighted by Crippen LogP contribution is -2.45. The van der Waals surface area contributed by atoms with Gasteiger partial charge in [0.25, 0.3) is 5.91 Å². The Bertz CT molecular complexity index is 1080. The molecule has 212 valence electrons. The fourth-order valence-corrected chi connectivity index (χ4v) is 5.62. The van der Waals surface area contributed by atoms with Crippen molar-refractivity contribution in [2.45, 2.75) is 57.3 Å². The SMILES string of the molecule is CN(C)c1cccc(C(=O)N2CCCCC3(CCN(Cc4ccccc4)CC3)C(=O)OC[C@@H](O)[C@@H](O)CC2)c1. The first kappa shape index (κ1) is 29.1. The Balaban J connectivity index is 1.44. The van der Waals surface area contributed by atoms with Crippen LogP contribution in [0.3, 0.4) is 0 Å². The van der Waals surface area contributed by atoms with E-state index < -0.39 is 17.6 Å². The van der Waals surface area contributed by atoms with Gasteiger partial charge in [0, 0.05) is 45.0 Å². The molecule has 0 unspecified atom stereocenters. The molecule has 4 rings (SSSR count). The molecule has 39 heavy (non-hydrogen) atoms. The minimum Gasteiger partial charge on any atom is -0.462 e. The second kappa shape index (κ2) is 13.4. The molecule has 0 aromatic heterocycles. The van der Waals surface area contributed by atoms with E-state index >= 15 is 0 Å². The molecule has 2 fully saturated rings. The number of piperidine rings is 1. The van der Waals surface area contributed by atoms with Crippen molar-refractivity contribution in [2.75, 3.05) is 51.8 Å². The molecule has 0 aliphatic carbocycles. The van der Waals surface area contributed by atoms with E-state index in [4.69, 9.17) is 4.74 Å². The Morgan fingerprint density at radius 3 is 2.41 bits per heavy atom. The Morgan fingerprint density at radius 1 is 0.949 bits per heavy atom. The number of benzene rings is 2. The van der Waals surface area contributed by atoms with Crippen LogP contribution in [-0.2, 0) is 16.1 Å². The Labute approximate surface area is 232 Å². The van der Waals surface area contributed by atoms with Gasteiger partial charge < -0.3 is 24.7 Å². The third kappa shape index (κ3) is 7.59. The number of ether oxygens (including phenoxy) is 1. The van der Waals surface area contributed by atoms with Crippen molar-refractivity contribution >= 4 is 17.6 Å². The number of aliphatic hydroxyl groups is 2. The smallest absolute Gasteiger partial charge is 0.312 e. The number of anilines is 1. The zero-order chi connectivity index (χ0) is 27.8. The molecular formula is C31H43N3O5. The van der Waals surface area contributed by atoms with Gasteiger partial charge in [-0.2, -0.15) is 0 Å². The van der Waals surface area contributed by atoms with Gasteiger partial charge in [0.05, 0.1) is 11.5 Å². The highest BCUT2D eigenvalue weighted by Crippen LogP contribution is 2.39. The first-order chi connectivity index (χ1) is 18.8. The summed E-state index contributed by atoms with van der Waals surface area (Å²) in [5, 5.41) is 21.1. The van der Waals surface area contributed by atoms with Gasteiger partial charge in [-0.1, -0.05) is 42.8 Å². The number of amides is 1. The molecular weight excluding hydrogens is 494 g/mol. The molecule has 0 bridgehead atoms. The predicted octanol–water partition coefficient (Wildman–Crippen LogP) is 3.32. The largest absolute Gasteiger partial charge is 0.462 e. The standard InChI is InChI=1S/C31H43N3O5/c1-32(2)26-12-8-11-25(21-26)29(37)34-17-7-6-14-31(30(38)39-23-28(36)27(35)13-18-34)15-19-33(20-16-31)22-24-9-4-3-5-10-24/h3-5,8-12,21,27-28,35-36H,6-7,13-20,22-23H2,1-2H3/t27-,28+/m0/s1. The van der Waals surface area contributed by atoms with Gasteiger partial charge in [-0.3, -0.25) is 14.5 Å². The number of hydrogen-bond donors (Lipinski definition) is 2. The van der Waals surface area contributed by atoms with Crippen molar-refractivity contribution < 1.29 is 24.5 Å². The number of aliphatic hydroxyl groups excluding tert-OH is 2. The fraction of sp³-hybridized carbons (Fsp3) is 0.548. The van der Waals surface area contributed by atoms with Crippen LogP contribution in [0.1, 0.15) is 54.4 Å². The number of likely N-dealkylation sites (tertiary alicyclic amines) is 1. The topological polar surface area (TPSA) is 93.6 Å². The van der Waals surface area contributed by atoms with Crippen molar-refractivity contribution in [3.63, 3.8) is 0 Å². The third-order valence-electron chi connectivity index (χ3n) is 8.25. The lowest BCUT2D eigenvalue weighted by molar-refractivity contribution is -0.165. The quantitative estimate of drug-likeness (QED) is 0.578. The van der Waals surface area contributed by atoms with Crippen molar-refractivity contribution in [1.29, 1.82) is 0 Å². The van der Waals surface area contributed by atoms with E-state index in [0.717, 1.165) is 38.2 Å². The van der Waals surface area contributed by atoms with E-state index in [1.54, 1.807) is 4.90 Å². The van der Waals surface area contributed by atoms with Gasteiger partial charge in [-0.25, -0.2) is 0 Å². The second-order valence-corrected chi connectivity index (χ2v) is 11.3. The van der Waals surface area contributed by atoms with Gasteiger partial charge in [-0.05, 0) is 69.0 Å². The normalized spacial score (nSPS) is 23.3. The number of nitrogens with zero attached hydrogens (tertiary/aromatic N) is 3. The zero-order valence-electron chi connectivity index (χ0n) is 23.3. The summed E-state index contributed by atoms with van der Waals surface area (Å²) in [5.41, 5.74) is 2.18. The van der Waals surface area contributed by atoms with Gasteiger partial charge in [0.15, 0.2) is 0 Å². The summed E-state index contributed by atoms with van der Waals surface area (Å²) in [6, 6.07) is 17.9. The third-order valence-corrected chi connectivity index (χ3v) is 8.25. The van der Waals surface area contributed by atoms with Crippen LogP contribution < -0.4 is 4.90 Å². The summed E-state index contributed by atoms with van der Waals surface area (Å²) in [5.74, 6) is -0.368. The average molecular weight is 538 g/mol. The van der Waals surface area contributed by atoms with E-state index in [-0.39, 0.29) is 24.9 Å². The molecule has 2 saturated heterocycles. The number of cyclic esters (lactones) is 1. The monoisotopic (exact) mass is 537 g/mol. The molecule has 2 aromatic rings. The van der Waals surface area contributed by atoms with Gasteiger partial charge in [-0.15, -0.1) is 0 Å². The van der Waals surface area contributed by atoms with Crippen molar-refractivity contribution in [1.82, 2.24) is 9.80 Å². The number of carbonyl (C=O) groups excluding carboxylic acids is 2. The Morgan fingerprint density at radius 2 is 1.69 bits per heavy atom. The molecule has 8 heteroatoms. The molecule has 2 heterocycles. The summed E-state index contributed by atoms with van der Waals surface area (Å²) < 4.78 is 5.61. The highest BCUT2D eigenvalue weighted by atomic mass is 16.5. The Kier molecular flexibility index (Phi) is 9.99. The van der Waals surface area contributed by atoms with Crippen LogP contribution in [0.4, 0.5) is 5.69 Å². The lowest BCUT2D eigenvalue weighted by atomic mass is 9.74. The minimum absolute atomic E-state index is 0.0912. The van der Waals surface area contributed by atoms with Crippen LogP contribution in [0.25, 0.3) is 0 Å². The molecule has 0 radical (unpaired) electrons. The highest BCUT2D eigenvalue weighted by molar-refractivity contribution is 5.95. The number of hydrogen-bond acceptors (Lipinski definition) is 7. The van der Waals surface area contributed by atoms with Crippen molar-refractivity contribution in [3.8, 4) is 0 Å². The number of esters is 1. The first-order valence-electron chi connectivity index (χ1n) is 14.1. The summed E-state index contributed by atoms with van der Waals surface area (Å²) in [4.78, 5) is 32.9. The van der Waals surface area contributed by atoms with Crippen LogP contribution in [0.5, 0.6) is 0 Å². The van der Waals surface area contributed by atoms with Crippen LogP contribution in [0.2, 0.25) is 0 Å². The van der Waals surface area contributed by atoms with E-state index in [2.05, 4.69) is 17.0 Å². The van der Waals surface area contributed by atoms with E-state index in [9.17, 15) is 19.8 Å². The maximum absolute atomic E-state index is 13.5. The van der Waals surface area contributed by atoms with Crippen molar-refractivity contribution in [2.24, 2.45) is 5.41 Å². The highest BCUT2D eigenvalue weighted by Gasteiger charge is 2.42. The second-order valence-electron chi connectivity index (χ2n) is 11.3. The van der Waals surface area contributed by atoms with Crippen molar-refractivity contribution in [3.05, 3.63) is 65.7 Å². The van der Waals surface area contributed by atoms with E-state index in [1.807, 2.05) is 61.5 Å². The molecule has 8 nitrogen and oxygen atoms in total. The van der Waals surface area contributed by atoms with E-state index in [1.165, 1.54) is 5.56 Å². The molecule has 1 amide bonds. The summed E-state index contributed by atoms with van der Waals surface area (Å²) >= 11 is 0. The zero-order valence-corrected chi connectivity index (χ0v) is 23.3. The van der Waals surface area contributed by atoms with Gasteiger partial charge in [0.1, 0.15) is 12.7 Å². The molecule has 2 aliphatic rings. The molecule has 2 atom stereocenters. The van der Waals surface area contributed by atoms with Crippen LogP contribution in [-0.4, -0.2) is 91.0 Å². The van der Waals surface area contributed by atoms with Crippen LogP contribution >= 0.6 is 0 Å². The molecule has 2 aliphatic heterocycles. The average Bonchev–Trinajstić information content (AvgIpc) is 2.96. The number of carbonyl (C=O) groups is 2. The maximum atomic E-state index is 13.5. The fourth-order valence-electron chi connectivity index (χ4n) is 5.62. The predicted molar refractivity (Wildman–Crippen MR) is 151 cm³/mol. The first-order valence-corrected chi connectivity index (χ1v) is 14.1. The molecule has 2 aromatic carbocycles. The summed E-state index contributed by atoms with van der Waals surface area (Å²) in [6.07, 6.45) is 1.53. The Hall–Kier alpha value is -2.94. The van der Waals surface area contributed by atoms with Gasteiger partial charge in [0.2, 0.25) is 0 Å². The van der Waals surface area contributed by atoms with Crippen LogP contribution in [0.15, 0.2) is 54.6 Å². The van der Waals surface area contributed by atoms with Crippen LogP contribution in [0, 0.1) is 5.41 Å². The molecule has 1 spiro atoms.